The maximum absolute atomic E-state index is 11.5. The monoisotopic (exact) mass is 181 g/mol. The van der Waals surface area contributed by atoms with Crippen molar-refractivity contribution >= 4 is 10.8 Å². The lowest BCUT2D eigenvalue weighted by Gasteiger charge is -2.13. The minimum absolute atomic E-state index is 0.786. The van der Waals surface area contributed by atoms with Crippen molar-refractivity contribution in [2.45, 2.75) is 24.7 Å². The zero-order chi connectivity index (χ0) is 8.55. The van der Waals surface area contributed by atoms with Gasteiger partial charge in [-0.25, -0.2) is 0 Å². The minimum atomic E-state index is -0.786. The fraction of sp³-hybridized carbons (Fsp3) is 0.444. The molecule has 0 saturated heterocycles. The van der Waals surface area contributed by atoms with Crippen molar-refractivity contribution in [3.05, 3.63) is 23.5 Å². The molecule has 2 heterocycles. The third-order valence-corrected chi connectivity index (χ3v) is 3.58. The highest BCUT2D eigenvalue weighted by atomic mass is 32.2. The molecule has 1 atom stereocenters. The Morgan fingerprint density at radius 3 is 3.17 bits per heavy atom. The average molecular weight is 181 g/mol. The normalized spacial score (nSPS) is 21.9. The Labute approximate surface area is 74.5 Å². The molecular weight excluding hydrogens is 170 g/mol. The Morgan fingerprint density at radius 2 is 2.33 bits per heavy atom. The summed E-state index contributed by atoms with van der Waals surface area (Å²) in [4.78, 5) is 5.32. The third kappa shape index (κ3) is 1.29. The highest BCUT2D eigenvalue weighted by Crippen LogP contribution is 2.20. The van der Waals surface area contributed by atoms with Crippen LogP contribution in [0.25, 0.3) is 0 Å². The number of hydrogen-bond donors (Lipinski definition) is 0. The Hall–Kier alpha value is -0.700. The maximum atomic E-state index is 11.5. The number of nitrogens with zero attached hydrogens (tertiary/aromatic N) is 1. The van der Waals surface area contributed by atoms with Gasteiger partial charge in [-0.2, -0.15) is 0 Å². The number of aryl methyl sites for hydroxylation is 2. The molecule has 1 aliphatic heterocycles. The van der Waals surface area contributed by atoms with E-state index in [-0.39, 0.29) is 0 Å². The van der Waals surface area contributed by atoms with Crippen LogP contribution in [0.2, 0.25) is 0 Å². The van der Waals surface area contributed by atoms with Gasteiger partial charge in [0.1, 0.15) is 0 Å². The molecule has 0 aliphatic carbocycles. The summed E-state index contributed by atoms with van der Waals surface area (Å²) in [6.45, 7) is 1.97. The van der Waals surface area contributed by atoms with Crippen molar-refractivity contribution in [3.8, 4) is 0 Å². The molecule has 0 amide bonds. The summed E-state index contributed by atoms with van der Waals surface area (Å²) < 4.78 is 11.5. The zero-order valence-corrected chi connectivity index (χ0v) is 7.86. The molecular formula is C9H11NOS. The van der Waals surface area contributed by atoms with Gasteiger partial charge in [-0.3, -0.25) is 9.19 Å². The molecule has 1 unspecified atom stereocenters. The number of rotatable bonds is 0. The Morgan fingerprint density at radius 1 is 1.50 bits per heavy atom. The standard InChI is InChI=1S/C9H11NOS/c1-7-4-5-9-8(10-7)3-2-6-12(9)11/h4-5H,2-3,6H2,1H3. The van der Waals surface area contributed by atoms with Crippen LogP contribution in [0, 0.1) is 6.92 Å². The van der Waals surface area contributed by atoms with E-state index in [2.05, 4.69) is 4.98 Å². The topological polar surface area (TPSA) is 30.0 Å². The van der Waals surface area contributed by atoms with Crippen molar-refractivity contribution in [2.24, 2.45) is 0 Å². The molecule has 0 aromatic carbocycles. The van der Waals surface area contributed by atoms with Crippen LogP contribution in [0.4, 0.5) is 0 Å². The van der Waals surface area contributed by atoms with Gasteiger partial charge < -0.3 is 0 Å². The van der Waals surface area contributed by atoms with Crippen LogP contribution in [-0.4, -0.2) is 14.9 Å². The molecule has 1 aliphatic rings. The molecule has 2 nitrogen and oxygen atoms in total. The average Bonchev–Trinajstić information content (AvgIpc) is 2.04. The van der Waals surface area contributed by atoms with Gasteiger partial charge in [-0.05, 0) is 31.9 Å². The van der Waals surface area contributed by atoms with Crippen LogP contribution < -0.4 is 0 Å². The number of hydrogen-bond acceptors (Lipinski definition) is 2. The zero-order valence-electron chi connectivity index (χ0n) is 7.04. The summed E-state index contributed by atoms with van der Waals surface area (Å²) in [6.07, 6.45) is 2.00. The fourth-order valence-corrected chi connectivity index (χ4v) is 2.72. The van der Waals surface area contributed by atoms with E-state index in [0.29, 0.717) is 0 Å². The predicted octanol–water partition coefficient (Wildman–Crippen LogP) is 1.44. The molecule has 0 N–H and O–H groups in total. The predicted molar refractivity (Wildman–Crippen MR) is 48.6 cm³/mol. The summed E-state index contributed by atoms with van der Waals surface area (Å²) in [6, 6.07) is 3.88. The van der Waals surface area contributed by atoms with E-state index in [1.807, 2.05) is 19.1 Å². The van der Waals surface area contributed by atoms with E-state index in [9.17, 15) is 4.21 Å². The van der Waals surface area contributed by atoms with Gasteiger partial charge in [-0.1, -0.05) is 0 Å². The second-order valence-corrected chi connectivity index (χ2v) is 4.59. The van der Waals surface area contributed by atoms with Crippen LogP contribution in [0.5, 0.6) is 0 Å². The first-order valence-corrected chi connectivity index (χ1v) is 5.44. The van der Waals surface area contributed by atoms with Crippen LogP contribution in [0.3, 0.4) is 0 Å². The lowest BCUT2D eigenvalue weighted by Crippen LogP contribution is -2.11. The molecule has 3 heteroatoms. The summed E-state index contributed by atoms with van der Waals surface area (Å²) >= 11 is 0. The summed E-state index contributed by atoms with van der Waals surface area (Å²) in [5.74, 6) is 0.803. The minimum Gasteiger partial charge on any atom is -0.257 e. The van der Waals surface area contributed by atoms with Gasteiger partial charge in [0.2, 0.25) is 0 Å². The molecule has 0 radical (unpaired) electrons. The van der Waals surface area contributed by atoms with Gasteiger partial charge in [-0.15, -0.1) is 0 Å². The number of pyridine rings is 1. The molecule has 0 spiro atoms. The first kappa shape index (κ1) is 7.92. The molecule has 0 bridgehead atoms. The lowest BCUT2D eigenvalue weighted by atomic mass is 10.2. The Balaban J connectivity index is 2.53. The molecule has 64 valence electrons. The largest absolute Gasteiger partial charge is 0.257 e. The van der Waals surface area contributed by atoms with Gasteiger partial charge in [0, 0.05) is 11.4 Å². The van der Waals surface area contributed by atoms with Gasteiger partial charge in [0.15, 0.2) is 0 Å². The van der Waals surface area contributed by atoms with E-state index in [1.54, 1.807) is 0 Å². The van der Waals surface area contributed by atoms with Crippen LogP contribution in [0.15, 0.2) is 17.0 Å². The smallest absolute Gasteiger partial charge is 0.0603 e. The Bertz CT molecular complexity index is 335. The Kier molecular flexibility index (Phi) is 1.97. The first-order valence-electron chi connectivity index (χ1n) is 4.12. The fourth-order valence-electron chi connectivity index (χ4n) is 1.46. The molecule has 0 saturated carbocycles. The van der Waals surface area contributed by atoms with Crippen molar-refractivity contribution in [1.82, 2.24) is 4.98 Å². The number of fused-ring (bicyclic) bond motifs is 1. The molecule has 0 fully saturated rings. The summed E-state index contributed by atoms with van der Waals surface area (Å²) in [5.41, 5.74) is 2.06. The van der Waals surface area contributed by atoms with E-state index in [0.717, 1.165) is 34.9 Å². The molecule has 2 rings (SSSR count). The molecule has 12 heavy (non-hydrogen) atoms. The second-order valence-electron chi connectivity index (χ2n) is 3.05. The molecule has 1 aromatic rings. The SMILES string of the molecule is Cc1ccc2c(n1)CCCS2=O. The number of aromatic nitrogens is 1. The van der Waals surface area contributed by atoms with Crippen LogP contribution in [-0.2, 0) is 17.2 Å². The lowest BCUT2D eigenvalue weighted by molar-refractivity contribution is 0.670. The van der Waals surface area contributed by atoms with Crippen molar-refractivity contribution in [3.63, 3.8) is 0 Å². The highest BCUT2D eigenvalue weighted by Gasteiger charge is 2.16. The quantitative estimate of drug-likeness (QED) is 0.606. The van der Waals surface area contributed by atoms with E-state index in [4.69, 9.17) is 0 Å². The van der Waals surface area contributed by atoms with Gasteiger partial charge in [0.25, 0.3) is 0 Å². The van der Waals surface area contributed by atoms with Crippen molar-refractivity contribution < 1.29 is 4.21 Å². The van der Waals surface area contributed by atoms with Crippen LogP contribution in [0.1, 0.15) is 17.8 Å². The maximum Gasteiger partial charge on any atom is 0.0603 e. The summed E-state index contributed by atoms with van der Waals surface area (Å²) in [5, 5.41) is 0. The second kappa shape index (κ2) is 2.98. The van der Waals surface area contributed by atoms with Gasteiger partial charge in [0.05, 0.1) is 21.4 Å². The van der Waals surface area contributed by atoms with Crippen molar-refractivity contribution in [1.29, 1.82) is 0 Å². The highest BCUT2D eigenvalue weighted by molar-refractivity contribution is 7.85. The van der Waals surface area contributed by atoms with E-state index < -0.39 is 10.8 Å². The third-order valence-electron chi connectivity index (χ3n) is 2.06. The van der Waals surface area contributed by atoms with E-state index >= 15 is 0 Å². The van der Waals surface area contributed by atoms with E-state index in [1.165, 1.54) is 0 Å². The molecule has 1 aromatic heterocycles. The van der Waals surface area contributed by atoms with Crippen LogP contribution >= 0.6 is 0 Å². The van der Waals surface area contributed by atoms with Gasteiger partial charge >= 0.3 is 0 Å². The summed E-state index contributed by atoms with van der Waals surface area (Å²) in [7, 11) is -0.786. The first-order chi connectivity index (χ1) is 5.77. The van der Waals surface area contributed by atoms with Crippen molar-refractivity contribution in [2.75, 3.05) is 5.75 Å².